The van der Waals surface area contributed by atoms with Gasteiger partial charge in [0.1, 0.15) is 5.82 Å². The lowest BCUT2D eigenvalue weighted by Gasteiger charge is -2.30. The third-order valence-corrected chi connectivity index (χ3v) is 5.88. The molecular weight excluding hydrogens is 398 g/mol. The van der Waals surface area contributed by atoms with Crippen LogP contribution in [0.5, 0.6) is 11.5 Å². The van der Waals surface area contributed by atoms with Crippen molar-refractivity contribution in [1.29, 1.82) is 0 Å². The van der Waals surface area contributed by atoms with Gasteiger partial charge in [0.15, 0.2) is 17.3 Å². The van der Waals surface area contributed by atoms with Crippen molar-refractivity contribution in [2.75, 3.05) is 19.5 Å². The zero-order valence-corrected chi connectivity index (χ0v) is 17.1. The second kappa shape index (κ2) is 6.73. The number of carbonyl (C=O) groups excluding carboxylic acids is 1. The molecule has 0 amide bonds. The highest BCUT2D eigenvalue weighted by molar-refractivity contribution is 6.23. The minimum Gasteiger partial charge on any atom is -0.493 e. The van der Waals surface area contributed by atoms with Gasteiger partial charge in [0.25, 0.3) is 5.56 Å². The Morgan fingerprint density at radius 3 is 2.39 bits per heavy atom. The third kappa shape index (κ3) is 2.51. The van der Waals surface area contributed by atoms with Crippen molar-refractivity contribution in [2.24, 2.45) is 7.05 Å². The van der Waals surface area contributed by atoms with Crippen LogP contribution in [-0.4, -0.2) is 29.6 Å². The van der Waals surface area contributed by atoms with Crippen LogP contribution in [0.3, 0.4) is 0 Å². The van der Waals surface area contributed by atoms with E-state index in [0.29, 0.717) is 39.7 Å². The summed E-state index contributed by atoms with van der Waals surface area (Å²) in [6.45, 7) is 0. The summed E-state index contributed by atoms with van der Waals surface area (Å²) in [5, 5.41) is 3.19. The van der Waals surface area contributed by atoms with Crippen LogP contribution in [0.2, 0.25) is 0 Å². The molecule has 8 nitrogen and oxygen atoms in total. The quantitative estimate of drug-likeness (QED) is 0.678. The summed E-state index contributed by atoms with van der Waals surface area (Å²) in [6, 6.07) is 12.6. The van der Waals surface area contributed by atoms with E-state index in [1.807, 2.05) is 12.1 Å². The predicted molar refractivity (Wildman–Crippen MR) is 115 cm³/mol. The molecule has 1 unspecified atom stereocenters. The molecular formula is C23H19N3O5. The van der Waals surface area contributed by atoms with E-state index in [1.165, 1.54) is 18.8 Å². The van der Waals surface area contributed by atoms with Crippen LogP contribution in [0.1, 0.15) is 33.0 Å². The van der Waals surface area contributed by atoms with Gasteiger partial charge in [-0.15, -0.1) is 0 Å². The highest BCUT2D eigenvalue weighted by Crippen LogP contribution is 2.50. The molecule has 3 aromatic rings. The van der Waals surface area contributed by atoms with Gasteiger partial charge in [0.05, 0.1) is 31.4 Å². The summed E-state index contributed by atoms with van der Waals surface area (Å²) in [7, 11) is 4.60. The fourth-order valence-corrected chi connectivity index (χ4v) is 4.48. The lowest BCUT2D eigenvalue weighted by atomic mass is 9.81. The number of H-pyrrole nitrogens is 1. The largest absolute Gasteiger partial charge is 0.493 e. The van der Waals surface area contributed by atoms with Gasteiger partial charge in [0, 0.05) is 29.3 Å². The molecule has 31 heavy (non-hydrogen) atoms. The highest BCUT2D eigenvalue weighted by Gasteiger charge is 2.43. The van der Waals surface area contributed by atoms with Crippen molar-refractivity contribution >= 4 is 17.3 Å². The Morgan fingerprint density at radius 2 is 1.68 bits per heavy atom. The monoisotopic (exact) mass is 417 g/mol. The Hall–Kier alpha value is -4.07. The second-order valence-corrected chi connectivity index (χ2v) is 7.38. The van der Waals surface area contributed by atoms with E-state index in [1.54, 1.807) is 37.4 Å². The Kier molecular flexibility index (Phi) is 4.11. The van der Waals surface area contributed by atoms with Crippen LogP contribution >= 0.6 is 0 Å². The molecule has 0 spiro atoms. The van der Waals surface area contributed by atoms with Crippen LogP contribution in [0.4, 0.5) is 5.82 Å². The molecule has 0 saturated heterocycles. The number of aromatic amines is 1. The van der Waals surface area contributed by atoms with E-state index in [0.717, 1.165) is 5.56 Å². The first-order chi connectivity index (χ1) is 15.0. The number of rotatable bonds is 3. The Labute approximate surface area is 176 Å². The Balaban J connectivity index is 1.90. The molecule has 156 valence electrons. The number of aromatic nitrogens is 2. The van der Waals surface area contributed by atoms with Crippen LogP contribution in [0, 0.1) is 0 Å². The van der Waals surface area contributed by atoms with E-state index in [9.17, 15) is 14.4 Å². The molecule has 1 aliphatic carbocycles. The normalized spacial score (nSPS) is 16.4. The maximum atomic E-state index is 13.5. The number of fused-ring (bicyclic) bond motifs is 3. The summed E-state index contributed by atoms with van der Waals surface area (Å²) < 4.78 is 12.4. The fraction of sp³-hybridized carbons (Fsp3) is 0.174. The first kappa shape index (κ1) is 18.9. The molecule has 8 heteroatoms. The Bertz CT molecular complexity index is 1410. The van der Waals surface area contributed by atoms with Gasteiger partial charge in [-0.3, -0.25) is 19.1 Å². The van der Waals surface area contributed by atoms with Gasteiger partial charge in [-0.05, 0) is 6.07 Å². The van der Waals surface area contributed by atoms with Crippen molar-refractivity contribution < 1.29 is 14.3 Å². The summed E-state index contributed by atoms with van der Waals surface area (Å²) in [6.07, 6.45) is 0. The molecule has 2 N–H and O–H groups in total. The molecule has 0 bridgehead atoms. The average molecular weight is 417 g/mol. The van der Waals surface area contributed by atoms with E-state index >= 15 is 0 Å². The van der Waals surface area contributed by atoms with Gasteiger partial charge in [-0.1, -0.05) is 36.4 Å². The number of nitrogens with zero attached hydrogens (tertiary/aromatic N) is 1. The van der Waals surface area contributed by atoms with Gasteiger partial charge in [-0.25, -0.2) is 4.79 Å². The smallest absolute Gasteiger partial charge is 0.329 e. The lowest BCUT2D eigenvalue weighted by Crippen LogP contribution is -2.37. The van der Waals surface area contributed by atoms with Crippen LogP contribution in [-0.2, 0) is 7.05 Å². The summed E-state index contributed by atoms with van der Waals surface area (Å²) in [5.41, 5.74) is 2.06. The number of benzene rings is 2. The molecule has 1 aromatic heterocycles. The number of ether oxygens (including phenoxy) is 2. The molecule has 1 atom stereocenters. The SMILES string of the molecule is COc1cccc(C2C3=C(Nc4c2c(=O)[nH]c(=O)n4C)c2ccccc2C3=O)c1OC. The lowest BCUT2D eigenvalue weighted by molar-refractivity contribution is 0.103. The summed E-state index contributed by atoms with van der Waals surface area (Å²) in [5.74, 6) is 0.309. The van der Waals surface area contributed by atoms with E-state index in [4.69, 9.17) is 9.47 Å². The number of carbonyl (C=O) groups is 1. The number of ketones is 1. The maximum Gasteiger partial charge on any atom is 0.329 e. The first-order valence-corrected chi connectivity index (χ1v) is 9.67. The minimum absolute atomic E-state index is 0.174. The molecule has 0 fully saturated rings. The number of para-hydroxylation sites is 1. The van der Waals surface area contributed by atoms with Gasteiger partial charge >= 0.3 is 5.69 Å². The molecule has 0 radical (unpaired) electrons. The topological polar surface area (TPSA) is 102 Å². The van der Waals surface area contributed by atoms with Crippen molar-refractivity contribution in [3.8, 4) is 11.5 Å². The number of anilines is 1. The van der Waals surface area contributed by atoms with Crippen LogP contribution in [0.15, 0.2) is 57.6 Å². The molecule has 2 heterocycles. The van der Waals surface area contributed by atoms with Crippen molar-refractivity contribution in [3.05, 3.63) is 91.1 Å². The van der Waals surface area contributed by atoms with Gasteiger partial charge < -0.3 is 14.8 Å². The number of hydrogen-bond donors (Lipinski definition) is 2. The van der Waals surface area contributed by atoms with Crippen molar-refractivity contribution in [2.45, 2.75) is 5.92 Å². The first-order valence-electron chi connectivity index (χ1n) is 9.67. The van der Waals surface area contributed by atoms with E-state index in [2.05, 4.69) is 10.3 Å². The van der Waals surface area contributed by atoms with Crippen molar-refractivity contribution in [3.63, 3.8) is 0 Å². The summed E-state index contributed by atoms with van der Waals surface area (Å²) >= 11 is 0. The van der Waals surface area contributed by atoms with Gasteiger partial charge in [-0.2, -0.15) is 0 Å². The van der Waals surface area contributed by atoms with Crippen LogP contribution < -0.4 is 26.0 Å². The standard InChI is InChI=1S/C23H19N3O5/c1-26-21-17(22(28)25-23(26)29)15(13-9-6-10-14(30-2)20(13)31-3)16-18(24-21)11-7-4-5-8-12(11)19(16)27/h4-10,15,24H,1-3H3,(H,25,28,29). The van der Waals surface area contributed by atoms with Gasteiger partial charge in [0.2, 0.25) is 0 Å². The number of nitrogens with one attached hydrogen (secondary N) is 2. The Morgan fingerprint density at radius 1 is 0.935 bits per heavy atom. The minimum atomic E-state index is -0.758. The molecule has 2 aromatic carbocycles. The molecule has 0 saturated carbocycles. The third-order valence-electron chi connectivity index (χ3n) is 5.88. The molecule has 2 aliphatic rings. The second-order valence-electron chi connectivity index (χ2n) is 7.38. The maximum absolute atomic E-state index is 13.5. The predicted octanol–water partition coefficient (Wildman–Crippen LogP) is 2.26. The average Bonchev–Trinajstić information content (AvgIpc) is 3.07. The molecule has 5 rings (SSSR count). The van der Waals surface area contributed by atoms with Crippen molar-refractivity contribution in [1.82, 2.24) is 9.55 Å². The highest BCUT2D eigenvalue weighted by atomic mass is 16.5. The van der Waals surface area contributed by atoms with E-state index < -0.39 is 17.2 Å². The number of methoxy groups -OCH3 is 2. The number of allylic oxidation sites excluding steroid dienone is 1. The number of Topliss-reactive ketones (excluding diaryl/α,β-unsaturated/α-hetero) is 1. The molecule has 1 aliphatic heterocycles. The number of hydrogen-bond acceptors (Lipinski definition) is 6. The van der Waals surface area contributed by atoms with Crippen LogP contribution in [0.25, 0.3) is 5.70 Å². The zero-order chi connectivity index (χ0) is 21.9. The summed E-state index contributed by atoms with van der Waals surface area (Å²) in [4.78, 5) is 41.2. The zero-order valence-electron chi connectivity index (χ0n) is 17.1. The van der Waals surface area contributed by atoms with E-state index in [-0.39, 0.29) is 11.3 Å². The fourth-order valence-electron chi connectivity index (χ4n) is 4.48.